The fourth-order valence-corrected chi connectivity index (χ4v) is 1.60. The molecule has 1 atom stereocenters. The summed E-state index contributed by atoms with van der Waals surface area (Å²) in [6.45, 7) is 0. The molecule has 0 fully saturated rings. The van der Waals surface area contributed by atoms with Crippen LogP contribution in [0.15, 0.2) is 23.4 Å². The largest absolute Gasteiger partial charge is 0.478 e. The minimum atomic E-state index is -4.69. The van der Waals surface area contributed by atoms with Gasteiger partial charge >= 0.3 is 12.1 Å². The van der Waals surface area contributed by atoms with E-state index in [9.17, 15) is 22.4 Å². The van der Waals surface area contributed by atoms with E-state index in [0.717, 1.165) is 6.07 Å². The molecule has 1 unspecified atom stereocenters. The number of benzene rings is 1. The van der Waals surface area contributed by atoms with Crippen molar-refractivity contribution in [1.29, 1.82) is 0 Å². The second kappa shape index (κ2) is 4.52. The minimum Gasteiger partial charge on any atom is -0.478 e. The molecule has 0 amide bonds. The maximum atomic E-state index is 13.2. The van der Waals surface area contributed by atoms with Crippen LogP contribution in [0, 0.1) is 5.82 Å². The number of rotatable bonds is 2. The molecule has 0 saturated heterocycles. The van der Waals surface area contributed by atoms with Gasteiger partial charge in [-0.05, 0) is 18.2 Å². The highest BCUT2D eigenvalue weighted by atomic mass is 19.4. The normalized spacial score (nSPS) is 18.9. The van der Waals surface area contributed by atoms with Crippen molar-refractivity contribution in [3.05, 3.63) is 35.1 Å². The molecular formula is C11H7F4NO3. The van der Waals surface area contributed by atoms with E-state index >= 15 is 0 Å². The lowest BCUT2D eigenvalue weighted by Crippen LogP contribution is -2.20. The van der Waals surface area contributed by atoms with Crippen molar-refractivity contribution in [3.8, 4) is 0 Å². The van der Waals surface area contributed by atoms with E-state index in [0.29, 0.717) is 12.1 Å². The van der Waals surface area contributed by atoms with Gasteiger partial charge in [0.15, 0.2) is 0 Å². The molecule has 1 aliphatic heterocycles. The molecule has 2 rings (SSSR count). The number of carboxylic acids is 1. The van der Waals surface area contributed by atoms with E-state index in [1.807, 2.05) is 0 Å². The molecule has 0 spiro atoms. The highest BCUT2D eigenvalue weighted by Crippen LogP contribution is 2.31. The van der Waals surface area contributed by atoms with Crippen LogP contribution in [0.2, 0.25) is 0 Å². The van der Waals surface area contributed by atoms with Crippen LogP contribution in [0.1, 0.15) is 17.5 Å². The average Bonchev–Trinajstić information content (AvgIpc) is 2.76. The van der Waals surface area contributed by atoms with Crippen molar-refractivity contribution in [2.75, 3.05) is 0 Å². The summed E-state index contributed by atoms with van der Waals surface area (Å²) < 4.78 is 50.7. The second-order valence-corrected chi connectivity index (χ2v) is 3.90. The molecule has 0 saturated carbocycles. The summed E-state index contributed by atoms with van der Waals surface area (Å²) in [7, 11) is 0. The number of carbonyl (C=O) groups is 1. The van der Waals surface area contributed by atoms with Gasteiger partial charge in [0.25, 0.3) is 0 Å². The molecule has 1 aliphatic rings. The first-order chi connectivity index (χ1) is 8.77. The van der Waals surface area contributed by atoms with Crippen molar-refractivity contribution in [2.45, 2.75) is 18.7 Å². The first kappa shape index (κ1) is 13.3. The lowest BCUT2D eigenvalue weighted by Gasteiger charge is -2.08. The Morgan fingerprint density at radius 1 is 1.37 bits per heavy atom. The number of oxime groups is 1. The molecule has 0 bridgehead atoms. The zero-order valence-electron chi connectivity index (χ0n) is 9.24. The number of halogens is 4. The van der Waals surface area contributed by atoms with Gasteiger partial charge in [-0.15, -0.1) is 0 Å². The summed E-state index contributed by atoms with van der Waals surface area (Å²) in [5.41, 5.74) is -1.34. The Labute approximate surface area is 104 Å². The van der Waals surface area contributed by atoms with Crippen LogP contribution in [-0.2, 0) is 15.8 Å². The van der Waals surface area contributed by atoms with Gasteiger partial charge in [-0.2, -0.15) is 13.2 Å². The van der Waals surface area contributed by atoms with Crippen LogP contribution in [0.25, 0.3) is 0 Å². The predicted molar refractivity (Wildman–Crippen MR) is 55.1 cm³/mol. The Morgan fingerprint density at radius 3 is 2.58 bits per heavy atom. The van der Waals surface area contributed by atoms with Crippen molar-refractivity contribution in [3.63, 3.8) is 0 Å². The van der Waals surface area contributed by atoms with Gasteiger partial charge in [-0.3, -0.25) is 0 Å². The van der Waals surface area contributed by atoms with E-state index in [-0.39, 0.29) is 17.7 Å². The molecule has 1 aromatic rings. The van der Waals surface area contributed by atoms with E-state index in [1.165, 1.54) is 0 Å². The molecule has 102 valence electrons. The Kier molecular flexibility index (Phi) is 3.17. The average molecular weight is 277 g/mol. The summed E-state index contributed by atoms with van der Waals surface area (Å²) in [4.78, 5) is 15.2. The van der Waals surface area contributed by atoms with Gasteiger partial charge in [0.1, 0.15) is 5.82 Å². The topological polar surface area (TPSA) is 58.9 Å². The van der Waals surface area contributed by atoms with Gasteiger partial charge in [0.05, 0.1) is 11.3 Å². The lowest BCUT2D eigenvalue weighted by molar-refractivity contribution is -0.148. The van der Waals surface area contributed by atoms with Crippen LogP contribution < -0.4 is 0 Å². The SMILES string of the molecule is O=C(O)C1CC(c2cc(F)cc(C(F)(F)F)c2)=NO1. The number of hydrogen-bond acceptors (Lipinski definition) is 3. The Morgan fingerprint density at radius 2 is 2.05 bits per heavy atom. The third-order valence-electron chi connectivity index (χ3n) is 2.50. The summed E-state index contributed by atoms with van der Waals surface area (Å²) in [6, 6.07) is 1.91. The number of aliphatic carboxylic acids is 1. The molecular weight excluding hydrogens is 270 g/mol. The number of carboxylic acid groups (broad SMARTS) is 1. The Balaban J connectivity index is 2.32. The Bertz CT molecular complexity index is 553. The standard InChI is InChI=1S/C11H7F4NO3/c12-7-2-5(1-6(3-7)11(13,14)15)8-4-9(10(17)18)19-16-8/h1-3,9H,4H2,(H,17,18). The van der Waals surface area contributed by atoms with Crippen LogP contribution in [-0.4, -0.2) is 22.9 Å². The third-order valence-corrected chi connectivity index (χ3v) is 2.50. The van der Waals surface area contributed by atoms with E-state index < -0.39 is 29.6 Å². The van der Waals surface area contributed by atoms with E-state index in [2.05, 4.69) is 9.99 Å². The zero-order chi connectivity index (χ0) is 14.2. The van der Waals surface area contributed by atoms with Gasteiger partial charge < -0.3 is 9.94 Å². The van der Waals surface area contributed by atoms with E-state index in [4.69, 9.17) is 5.11 Å². The fraction of sp³-hybridized carbons (Fsp3) is 0.273. The maximum absolute atomic E-state index is 13.2. The summed E-state index contributed by atoms with van der Waals surface area (Å²) in [6.07, 6.45) is -6.16. The monoisotopic (exact) mass is 277 g/mol. The maximum Gasteiger partial charge on any atom is 0.416 e. The summed E-state index contributed by atoms with van der Waals surface area (Å²) >= 11 is 0. The molecule has 1 heterocycles. The quantitative estimate of drug-likeness (QED) is 0.844. The lowest BCUT2D eigenvalue weighted by atomic mass is 10.0. The molecule has 1 N–H and O–H groups in total. The van der Waals surface area contributed by atoms with E-state index in [1.54, 1.807) is 0 Å². The smallest absolute Gasteiger partial charge is 0.416 e. The zero-order valence-corrected chi connectivity index (χ0v) is 9.24. The van der Waals surface area contributed by atoms with Crippen LogP contribution >= 0.6 is 0 Å². The van der Waals surface area contributed by atoms with Crippen LogP contribution in [0.5, 0.6) is 0 Å². The Hall–Kier alpha value is -2.12. The van der Waals surface area contributed by atoms with Gasteiger partial charge in [-0.25, -0.2) is 9.18 Å². The van der Waals surface area contributed by atoms with Crippen molar-refractivity contribution in [2.24, 2.45) is 5.16 Å². The predicted octanol–water partition coefficient (Wildman–Crippen LogP) is 2.42. The molecule has 0 aliphatic carbocycles. The fourth-order valence-electron chi connectivity index (χ4n) is 1.60. The minimum absolute atomic E-state index is 0.0302. The van der Waals surface area contributed by atoms with Crippen LogP contribution in [0.3, 0.4) is 0 Å². The van der Waals surface area contributed by atoms with Crippen LogP contribution in [0.4, 0.5) is 17.6 Å². The molecule has 8 heteroatoms. The third kappa shape index (κ3) is 2.83. The number of alkyl halides is 3. The highest BCUT2D eigenvalue weighted by molar-refractivity contribution is 6.03. The number of nitrogens with zero attached hydrogens (tertiary/aromatic N) is 1. The number of hydrogen-bond donors (Lipinski definition) is 1. The van der Waals surface area contributed by atoms with Gasteiger partial charge in [0, 0.05) is 12.0 Å². The molecule has 0 radical (unpaired) electrons. The summed E-state index contributed by atoms with van der Waals surface area (Å²) in [5, 5.41) is 12.0. The van der Waals surface area contributed by atoms with Crippen molar-refractivity contribution >= 4 is 11.7 Å². The molecule has 4 nitrogen and oxygen atoms in total. The molecule has 0 aromatic heterocycles. The van der Waals surface area contributed by atoms with Crippen molar-refractivity contribution < 1.29 is 32.3 Å². The summed E-state index contributed by atoms with van der Waals surface area (Å²) in [5.74, 6) is -2.36. The highest BCUT2D eigenvalue weighted by Gasteiger charge is 2.33. The van der Waals surface area contributed by atoms with Gasteiger partial charge in [0.2, 0.25) is 6.10 Å². The second-order valence-electron chi connectivity index (χ2n) is 3.90. The molecule has 19 heavy (non-hydrogen) atoms. The first-order valence-corrected chi connectivity index (χ1v) is 5.11. The first-order valence-electron chi connectivity index (χ1n) is 5.11. The molecule has 1 aromatic carbocycles. The van der Waals surface area contributed by atoms with Gasteiger partial charge in [-0.1, -0.05) is 5.16 Å². The van der Waals surface area contributed by atoms with Crippen molar-refractivity contribution in [1.82, 2.24) is 0 Å².